The van der Waals surface area contributed by atoms with Crippen LogP contribution in [0.2, 0.25) is 0 Å². The van der Waals surface area contributed by atoms with Gasteiger partial charge in [-0.3, -0.25) is 0 Å². The minimum atomic E-state index is -0.982. The lowest BCUT2D eigenvalue weighted by molar-refractivity contribution is 0.0698. The molecule has 0 spiro atoms. The molecule has 0 saturated carbocycles. The molecule has 0 radical (unpaired) electrons. The predicted molar refractivity (Wildman–Crippen MR) is 73.1 cm³/mol. The summed E-state index contributed by atoms with van der Waals surface area (Å²) in [7, 11) is 0. The first kappa shape index (κ1) is 12.9. The van der Waals surface area contributed by atoms with Crippen LogP contribution in [-0.2, 0) is 6.54 Å². The molecule has 2 rings (SSSR count). The van der Waals surface area contributed by atoms with Crippen LogP contribution in [0.3, 0.4) is 0 Å². The lowest BCUT2D eigenvalue weighted by atomic mass is 10.1. The molecule has 6 nitrogen and oxygen atoms in total. The fraction of sp³-hybridized carbons (Fsp3) is 0.231. The number of hydrogen-bond acceptors (Lipinski definition) is 4. The summed E-state index contributed by atoms with van der Waals surface area (Å²) in [4.78, 5) is 15.0. The third kappa shape index (κ3) is 3.25. The molecular formula is C13H16N4O2. The van der Waals surface area contributed by atoms with Crippen LogP contribution in [0.15, 0.2) is 36.9 Å². The Balaban J connectivity index is 1.93. The van der Waals surface area contributed by atoms with Crippen molar-refractivity contribution < 1.29 is 9.90 Å². The molecule has 1 aromatic heterocycles. The number of nitrogen functional groups attached to an aromatic ring is 1. The van der Waals surface area contributed by atoms with Gasteiger partial charge in [0.15, 0.2) is 0 Å². The Morgan fingerprint density at radius 3 is 3.00 bits per heavy atom. The molecule has 0 atom stereocenters. The van der Waals surface area contributed by atoms with E-state index in [-0.39, 0.29) is 5.56 Å². The van der Waals surface area contributed by atoms with E-state index in [1.54, 1.807) is 24.7 Å². The van der Waals surface area contributed by atoms with Crippen molar-refractivity contribution >= 4 is 17.3 Å². The number of anilines is 2. The fourth-order valence-electron chi connectivity index (χ4n) is 1.84. The van der Waals surface area contributed by atoms with Crippen LogP contribution in [0.1, 0.15) is 16.8 Å². The summed E-state index contributed by atoms with van der Waals surface area (Å²) in [6.45, 7) is 1.47. The van der Waals surface area contributed by atoms with Crippen LogP contribution in [0.5, 0.6) is 0 Å². The quantitative estimate of drug-likeness (QED) is 0.542. The highest BCUT2D eigenvalue weighted by atomic mass is 16.4. The second-order valence-electron chi connectivity index (χ2n) is 4.16. The average molecular weight is 260 g/mol. The molecule has 19 heavy (non-hydrogen) atoms. The number of hydrogen-bond donors (Lipinski definition) is 3. The van der Waals surface area contributed by atoms with Crippen LogP contribution < -0.4 is 11.1 Å². The zero-order valence-electron chi connectivity index (χ0n) is 10.4. The molecule has 0 bridgehead atoms. The number of carboxylic acids is 1. The van der Waals surface area contributed by atoms with Gasteiger partial charge < -0.3 is 20.7 Å². The van der Waals surface area contributed by atoms with Crippen LogP contribution in [0.25, 0.3) is 0 Å². The Morgan fingerprint density at radius 2 is 2.32 bits per heavy atom. The monoisotopic (exact) mass is 260 g/mol. The van der Waals surface area contributed by atoms with Crippen molar-refractivity contribution in [3.05, 3.63) is 42.5 Å². The second kappa shape index (κ2) is 5.90. The van der Waals surface area contributed by atoms with Gasteiger partial charge in [-0.2, -0.15) is 0 Å². The maximum atomic E-state index is 11.1. The molecule has 0 aliphatic carbocycles. The van der Waals surface area contributed by atoms with E-state index in [1.807, 2.05) is 10.8 Å². The van der Waals surface area contributed by atoms with E-state index in [4.69, 9.17) is 10.8 Å². The van der Waals surface area contributed by atoms with Crippen LogP contribution in [0.4, 0.5) is 11.4 Å². The number of carboxylic acid groups (broad SMARTS) is 1. The van der Waals surface area contributed by atoms with Gasteiger partial charge >= 0.3 is 5.97 Å². The van der Waals surface area contributed by atoms with Crippen molar-refractivity contribution in [3.63, 3.8) is 0 Å². The zero-order chi connectivity index (χ0) is 13.7. The highest BCUT2D eigenvalue weighted by molar-refractivity contribution is 5.97. The molecule has 4 N–H and O–H groups in total. The predicted octanol–water partition coefficient (Wildman–Crippen LogP) is 1.67. The SMILES string of the molecule is Nc1cccc(C(=O)O)c1NCCCn1ccnc1. The average Bonchev–Trinajstić information content (AvgIpc) is 2.88. The Hall–Kier alpha value is -2.50. The van der Waals surface area contributed by atoms with Gasteiger partial charge in [0.1, 0.15) is 0 Å². The number of rotatable bonds is 6. The number of para-hydroxylation sites is 1. The van der Waals surface area contributed by atoms with Gasteiger partial charge in [-0.05, 0) is 18.6 Å². The summed E-state index contributed by atoms with van der Waals surface area (Å²) in [5, 5.41) is 12.2. The van der Waals surface area contributed by atoms with E-state index >= 15 is 0 Å². The topological polar surface area (TPSA) is 93.2 Å². The molecule has 0 fully saturated rings. The molecule has 2 aromatic rings. The number of imidazole rings is 1. The summed E-state index contributed by atoms with van der Waals surface area (Å²) in [6.07, 6.45) is 6.22. The third-order valence-electron chi connectivity index (χ3n) is 2.78. The molecule has 1 heterocycles. The number of aryl methyl sites for hydroxylation is 1. The Labute approximate surface area is 110 Å². The summed E-state index contributed by atoms with van der Waals surface area (Å²) in [5.74, 6) is -0.982. The molecular weight excluding hydrogens is 244 g/mol. The van der Waals surface area contributed by atoms with Gasteiger partial charge in [0.05, 0.1) is 23.3 Å². The molecule has 0 saturated heterocycles. The van der Waals surface area contributed by atoms with E-state index in [2.05, 4.69) is 10.3 Å². The number of aromatic carboxylic acids is 1. The number of carbonyl (C=O) groups is 1. The molecule has 6 heteroatoms. The van der Waals surface area contributed by atoms with E-state index in [9.17, 15) is 4.79 Å². The highest BCUT2D eigenvalue weighted by Gasteiger charge is 2.11. The second-order valence-corrected chi connectivity index (χ2v) is 4.16. The van der Waals surface area contributed by atoms with Gasteiger partial charge in [0, 0.05) is 25.5 Å². The van der Waals surface area contributed by atoms with Crippen molar-refractivity contribution in [3.8, 4) is 0 Å². The van der Waals surface area contributed by atoms with E-state index < -0.39 is 5.97 Å². The Bertz CT molecular complexity index is 552. The maximum absolute atomic E-state index is 11.1. The van der Waals surface area contributed by atoms with Crippen LogP contribution in [0, 0.1) is 0 Å². The van der Waals surface area contributed by atoms with Gasteiger partial charge in [0.25, 0.3) is 0 Å². The van der Waals surface area contributed by atoms with E-state index in [0.29, 0.717) is 17.9 Å². The van der Waals surface area contributed by atoms with Gasteiger partial charge in [-0.1, -0.05) is 6.07 Å². The number of aromatic nitrogens is 2. The Morgan fingerprint density at radius 1 is 1.47 bits per heavy atom. The summed E-state index contributed by atoms with van der Waals surface area (Å²) < 4.78 is 1.97. The van der Waals surface area contributed by atoms with Crippen molar-refractivity contribution in [1.29, 1.82) is 0 Å². The zero-order valence-corrected chi connectivity index (χ0v) is 10.4. The molecule has 0 aliphatic rings. The number of nitrogens with two attached hydrogens (primary N) is 1. The normalized spacial score (nSPS) is 10.3. The Kier molecular flexibility index (Phi) is 4.02. The van der Waals surface area contributed by atoms with Gasteiger partial charge in [-0.15, -0.1) is 0 Å². The minimum absolute atomic E-state index is 0.197. The minimum Gasteiger partial charge on any atom is -0.478 e. The first-order chi connectivity index (χ1) is 9.18. The van der Waals surface area contributed by atoms with E-state index in [1.165, 1.54) is 6.07 Å². The number of benzene rings is 1. The van der Waals surface area contributed by atoms with Crippen LogP contribution >= 0.6 is 0 Å². The summed E-state index contributed by atoms with van der Waals surface area (Å²) in [6, 6.07) is 4.86. The summed E-state index contributed by atoms with van der Waals surface area (Å²) >= 11 is 0. The maximum Gasteiger partial charge on any atom is 0.337 e. The first-order valence-corrected chi connectivity index (χ1v) is 6.00. The van der Waals surface area contributed by atoms with Crippen molar-refractivity contribution in [2.24, 2.45) is 0 Å². The molecule has 1 aromatic carbocycles. The highest BCUT2D eigenvalue weighted by Crippen LogP contribution is 2.23. The van der Waals surface area contributed by atoms with E-state index in [0.717, 1.165) is 13.0 Å². The standard InChI is InChI=1S/C13H16N4O2/c14-11-4-1-3-10(13(18)19)12(11)16-5-2-7-17-8-6-15-9-17/h1,3-4,6,8-9,16H,2,5,7,14H2,(H,18,19). The van der Waals surface area contributed by atoms with Gasteiger partial charge in [0.2, 0.25) is 0 Å². The molecule has 0 aliphatic heterocycles. The fourth-order valence-corrected chi connectivity index (χ4v) is 1.84. The first-order valence-electron chi connectivity index (χ1n) is 6.00. The molecule has 0 unspecified atom stereocenters. The smallest absolute Gasteiger partial charge is 0.337 e. The number of nitrogens with one attached hydrogen (secondary N) is 1. The van der Waals surface area contributed by atoms with Crippen molar-refractivity contribution in [2.45, 2.75) is 13.0 Å². The largest absolute Gasteiger partial charge is 0.478 e. The number of nitrogens with zero attached hydrogens (tertiary/aromatic N) is 2. The summed E-state index contributed by atoms with van der Waals surface area (Å²) in [5.41, 5.74) is 6.93. The lowest BCUT2D eigenvalue weighted by Crippen LogP contribution is -2.11. The van der Waals surface area contributed by atoms with Crippen LogP contribution in [-0.4, -0.2) is 27.2 Å². The van der Waals surface area contributed by atoms with Gasteiger partial charge in [-0.25, -0.2) is 9.78 Å². The molecule has 100 valence electrons. The third-order valence-corrected chi connectivity index (χ3v) is 2.78. The van der Waals surface area contributed by atoms with Crippen molar-refractivity contribution in [1.82, 2.24) is 9.55 Å². The molecule has 0 amide bonds. The van der Waals surface area contributed by atoms with Crippen molar-refractivity contribution in [2.75, 3.05) is 17.6 Å². The lowest BCUT2D eigenvalue weighted by Gasteiger charge is -2.12.